The minimum Gasteiger partial charge on any atom is -0.315 e. The Morgan fingerprint density at radius 1 is 1.44 bits per heavy atom. The highest BCUT2D eigenvalue weighted by atomic mass is 79.9. The molecule has 0 unspecified atom stereocenters. The standard InChI is InChI=1S/C13H14BrFN2S/c1-3-11-12(7-16-2)18-13(17-11)9-6-8(15)4-5-10(9)14/h4-6,16H,3,7H2,1-2H3. The van der Waals surface area contributed by atoms with E-state index < -0.39 is 0 Å². The van der Waals surface area contributed by atoms with E-state index >= 15 is 0 Å². The van der Waals surface area contributed by atoms with Crippen LogP contribution in [0.5, 0.6) is 0 Å². The van der Waals surface area contributed by atoms with Crippen molar-refractivity contribution in [2.45, 2.75) is 19.9 Å². The maximum atomic E-state index is 13.3. The molecule has 1 N–H and O–H groups in total. The third-order valence-electron chi connectivity index (χ3n) is 2.61. The van der Waals surface area contributed by atoms with Gasteiger partial charge in [0.25, 0.3) is 0 Å². The van der Waals surface area contributed by atoms with Gasteiger partial charge in [0.05, 0.1) is 5.69 Å². The Hall–Kier alpha value is -0.780. The highest BCUT2D eigenvalue weighted by Crippen LogP contribution is 2.33. The van der Waals surface area contributed by atoms with Crippen LogP contribution in [0, 0.1) is 5.82 Å². The van der Waals surface area contributed by atoms with E-state index in [4.69, 9.17) is 0 Å². The van der Waals surface area contributed by atoms with Gasteiger partial charge in [-0.25, -0.2) is 9.37 Å². The molecule has 96 valence electrons. The summed E-state index contributed by atoms with van der Waals surface area (Å²) >= 11 is 5.06. The Bertz CT molecular complexity index is 554. The maximum Gasteiger partial charge on any atom is 0.125 e. The number of aromatic nitrogens is 1. The number of nitrogens with one attached hydrogen (secondary N) is 1. The summed E-state index contributed by atoms with van der Waals surface area (Å²) in [4.78, 5) is 5.82. The summed E-state index contributed by atoms with van der Waals surface area (Å²) in [7, 11) is 1.91. The summed E-state index contributed by atoms with van der Waals surface area (Å²) in [6.07, 6.45) is 0.889. The fourth-order valence-electron chi connectivity index (χ4n) is 1.73. The summed E-state index contributed by atoms with van der Waals surface area (Å²) in [6.45, 7) is 2.88. The van der Waals surface area contributed by atoms with Gasteiger partial charge >= 0.3 is 0 Å². The summed E-state index contributed by atoms with van der Waals surface area (Å²) in [5, 5.41) is 4.00. The van der Waals surface area contributed by atoms with Gasteiger partial charge in [-0.1, -0.05) is 22.9 Å². The van der Waals surface area contributed by atoms with E-state index in [9.17, 15) is 4.39 Å². The van der Waals surface area contributed by atoms with Crippen molar-refractivity contribution in [3.63, 3.8) is 0 Å². The van der Waals surface area contributed by atoms with E-state index in [1.165, 1.54) is 17.0 Å². The zero-order valence-electron chi connectivity index (χ0n) is 10.3. The number of hydrogen-bond donors (Lipinski definition) is 1. The van der Waals surface area contributed by atoms with Crippen LogP contribution < -0.4 is 5.32 Å². The second kappa shape index (κ2) is 5.91. The van der Waals surface area contributed by atoms with E-state index in [2.05, 4.69) is 33.2 Å². The predicted octanol–water partition coefficient (Wildman–Crippen LogP) is 3.99. The van der Waals surface area contributed by atoms with Gasteiger partial charge in [0, 0.05) is 21.5 Å². The zero-order chi connectivity index (χ0) is 13.1. The molecule has 2 rings (SSSR count). The molecule has 1 aromatic carbocycles. The number of benzene rings is 1. The zero-order valence-corrected chi connectivity index (χ0v) is 12.7. The van der Waals surface area contributed by atoms with Crippen LogP contribution in [0.2, 0.25) is 0 Å². The monoisotopic (exact) mass is 328 g/mol. The van der Waals surface area contributed by atoms with Crippen molar-refractivity contribution < 1.29 is 4.39 Å². The molecule has 2 nitrogen and oxygen atoms in total. The Kier molecular flexibility index (Phi) is 4.48. The van der Waals surface area contributed by atoms with Gasteiger partial charge < -0.3 is 5.32 Å². The van der Waals surface area contributed by atoms with Crippen LogP contribution in [0.15, 0.2) is 22.7 Å². The molecule has 1 heterocycles. The molecule has 0 atom stereocenters. The molecule has 1 aromatic heterocycles. The third kappa shape index (κ3) is 2.79. The Balaban J connectivity index is 2.47. The number of nitrogens with zero attached hydrogens (tertiary/aromatic N) is 1. The van der Waals surface area contributed by atoms with Crippen LogP contribution in [0.4, 0.5) is 4.39 Å². The molecule has 0 saturated carbocycles. The number of hydrogen-bond acceptors (Lipinski definition) is 3. The highest BCUT2D eigenvalue weighted by Gasteiger charge is 2.13. The van der Waals surface area contributed by atoms with E-state index in [1.54, 1.807) is 17.4 Å². The van der Waals surface area contributed by atoms with Gasteiger partial charge in [-0.15, -0.1) is 11.3 Å². The van der Waals surface area contributed by atoms with Crippen LogP contribution >= 0.6 is 27.3 Å². The molecule has 0 saturated heterocycles. The largest absolute Gasteiger partial charge is 0.315 e. The number of halogens is 2. The Morgan fingerprint density at radius 3 is 2.89 bits per heavy atom. The summed E-state index contributed by atoms with van der Waals surface area (Å²) in [5.74, 6) is -0.239. The first-order chi connectivity index (χ1) is 8.65. The molecule has 0 aliphatic heterocycles. The van der Waals surface area contributed by atoms with E-state index in [1.807, 2.05) is 7.05 Å². The van der Waals surface area contributed by atoms with Gasteiger partial charge in [-0.05, 0) is 31.7 Å². The summed E-state index contributed by atoms with van der Waals surface area (Å²) < 4.78 is 14.2. The predicted molar refractivity (Wildman–Crippen MR) is 77.3 cm³/mol. The number of rotatable bonds is 4. The molecule has 0 aliphatic carbocycles. The first-order valence-electron chi connectivity index (χ1n) is 5.74. The van der Waals surface area contributed by atoms with Crippen molar-refractivity contribution >= 4 is 27.3 Å². The molecule has 2 aromatic rings. The van der Waals surface area contributed by atoms with Crippen LogP contribution in [0.1, 0.15) is 17.5 Å². The van der Waals surface area contributed by atoms with Crippen LogP contribution in [0.25, 0.3) is 10.6 Å². The van der Waals surface area contributed by atoms with E-state index in [0.717, 1.165) is 33.7 Å². The lowest BCUT2D eigenvalue weighted by Gasteiger charge is -2.00. The molecule has 5 heteroatoms. The van der Waals surface area contributed by atoms with Crippen LogP contribution in [-0.2, 0) is 13.0 Å². The van der Waals surface area contributed by atoms with E-state index in [0.29, 0.717) is 0 Å². The quantitative estimate of drug-likeness (QED) is 0.917. The average Bonchev–Trinajstić information content (AvgIpc) is 2.76. The molecule has 0 bridgehead atoms. The second-order valence-electron chi connectivity index (χ2n) is 3.90. The van der Waals surface area contributed by atoms with Gasteiger partial charge in [0.15, 0.2) is 0 Å². The molecule has 18 heavy (non-hydrogen) atoms. The smallest absolute Gasteiger partial charge is 0.125 e. The van der Waals surface area contributed by atoms with E-state index in [-0.39, 0.29) is 5.82 Å². The highest BCUT2D eigenvalue weighted by molar-refractivity contribution is 9.10. The first-order valence-corrected chi connectivity index (χ1v) is 7.35. The molecule has 0 radical (unpaired) electrons. The number of aryl methyl sites for hydroxylation is 1. The van der Waals surface area contributed by atoms with Crippen molar-refractivity contribution in [3.8, 4) is 10.6 Å². The van der Waals surface area contributed by atoms with Gasteiger partial charge in [0.1, 0.15) is 10.8 Å². The number of thiazole rings is 1. The second-order valence-corrected chi connectivity index (χ2v) is 5.83. The SMILES string of the molecule is CCc1nc(-c2cc(F)ccc2Br)sc1CNC. The lowest BCUT2D eigenvalue weighted by molar-refractivity contribution is 0.628. The average molecular weight is 329 g/mol. The van der Waals surface area contributed by atoms with Gasteiger partial charge in [-0.3, -0.25) is 0 Å². The Labute approximate surface area is 118 Å². The lowest BCUT2D eigenvalue weighted by atomic mass is 10.2. The summed E-state index contributed by atoms with van der Waals surface area (Å²) in [6, 6.07) is 4.68. The molecular weight excluding hydrogens is 315 g/mol. The first kappa shape index (κ1) is 13.6. The third-order valence-corrected chi connectivity index (χ3v) is 4.43. The van der Waals surface area contributed by atoms with Crippen molar-refractivity contribution in [2.24, 2.45) is 0 Å². The molecule has 0 amide bonds. The molecule has 0 spiro atoms. The topological polar surface area (TPSA) is 24.9 Å². The normalized spacial score (nSPS) is 10.9. The minimum atomic E-state index is -0.239. The van der Waals surface area contributed by atoms with Crippen molar-refractivity contribution in [2.75, 3.05) is 7.05 Å². The van der Waals surface area contributed by atoms with Crippen molar-refractivity contribution in [3.05, 3.63) is 39.1 Å². The maximum absolute atomic E-state index is 13.3. The van der Waals surface area contributed by atoms with Crippen LogP contribution in [-0.4, -0.2) is 12.0 Å². The van der Waals surface area contributed by atoms with Crippen LogP contribution in [0.3, 0.4) is 0 Å². The van der Waals surface area contributed by atoms with Gasteiger partial charge in [0.2, 0.25) is 0 Å². The van der Waals surface area contributed by atoms with Crippen molar-refractivity contribution in [1.29, 1.82) is 0 Å². The van der Waals surface area contributed by atoms with Crippen molar-refractivity contribution in [1.82, 2.24) is 10.3 Å². The summed E-state index contributed by atoms with van der Waals surface area (Å²) in [5.41, 5.74) is 1.90. The minimum absolute atomic E-state index is 0.239. The lowest BCUT2D eigenvalue weighted by Crippen LogP contribution is -2.05. The molecular formula is C13H14BrFN2S. The molecule has 0 fully saturated rings. The Morgan fingerprint density at radius 2 is 2.22 bits per heavy atom. The fourth-order valence-corrected chi connectivity index (χ4v) is 3.49. The molecule has 0 aliphatic rings. The van der Waals surface area contributed by atoms with Gasteiger partial charge in [-0.2, -0.15) is 0 Å². The fraction of sp³-hybridized carbons (Fsp3) is 0.308.